The Hall–Kier alpha value is -0.590. The third kappa shape index (κ3) is 2.34. The number of rotatable bonds is 2. The molecule has 0 spiro atoms. The van der Waals surface area contributed by atoms with Gasteiger partial charge in [0.1, 0.15) is 0 Å². The Labute approximate surface area is 104 Å². The van der Waals surface area contributed by atoms with Crippen molar-refractivity contribution in [3.8, 4) is 0 Å². The van der Waals surface area contributed by atoms with Crippen LogP contribution in [0.3, 0.4) is 0 Å². The highest BCUT2D eigenvalue weighted by Crippen LogP contribution is 2.33. The first-order valence-corrected chi connectivity index (χ1v) is 7.17. The van der Waals surface area contributed by atoms with Crippen LogP contribution < -0.4 is 0 Å². The van der Waals surface area contributed by atoms with Crippen molar-refractivity contribution in [1.82, 2.24) is 10.1 Å². The average Bonchev–Trinajstić information content (AvgIpc) is 2.98. The molecule has 5 nitrogen and oxygen atoms in total. The molecule has 2 atom stereocenters. The molecule has 0 amide bonds. The highest BCUT2D eigenvalue weighted by molar-refractivity contribution is 7.99. The van der Waals surface area contributed by atoms with Crippen LogP contribution in [0.2, 0.25) is 0 Å². The standard InChI is InChI=1S/C11H16N2O3S/c14-9-6-17-5-8(9)11-12-10(13-16-11)7-1-3-15-4-2-7/h7-9,14H,1-6H2. The van der Waals surface area contributed by atoms with Crippen LogP contribution in [0.4, 0.5) is 0 Å². The zero-order chi connectivity index (χ0) is 11.7. The molecule has 3 rings (SSSR count). The van der Waals surface area contributed by atoms with Gasteiger partial charge in [0.2, 0.25) is 5.89 Å². The Morgan fingerprint density at radius 2 is 2.06 bits per heavy atom. The minimum Gasteiger partial charge on any atom is -0.391 e. The number of thioether (sulfide) groups is 1. The maximum atomic E-state index is 9.79. The molecule has 1 N–H and O–H groups in total. The van der Waals surface area contributed by atoms with Gasteiger partial charge in [-0.25, -0.2) is 0 Å². The Morgan fingerprint density at radius 3 is 2.76 bits per heavy atom. The predicted octanol–water partition coefficient (Wildman–Crippen LogP) is 1.15. The first-order valence-electron chi connectivity index (χ1n) is 6.01. The first-order chi connectivity index (χ1) is 8.34. The molecule has 2 saturated heterocycles. The minimum atomic E-state index is -0.344. The van der Waals surface area contributed by atoms with E-state index in [-0.39, 0.29) is 12.0 Å². The van der Waals surface area contributed by atoms with Crippen LogP contribution in [0.25, 0.3) is 0 Å². The topological polar surface area (TPSA) is 68.4 Å². The van der Waals surface area contributed by atoms with Crippen molar-refractivity contribution in [1.29, 1.82) is 0 Å². The van der Waals surface area contributed by atoms with E-state index in [4.69, 9.17) is 9.26 Å². The highest BCUT2D eigenvalue weighted by atomic mass is 32.2. The molecule has 2 aliphatic rings. The first kappa shape index (κ1) is 11.5. The van der Waals surface area contributed by atoms with E-state index in [1.165, 1.54) is 0 Å². The molecule has 0 bridgehead atoms. The second-order valence-electron chi connectivity index (χ2n) is 4.59. The molecule has 0 saturated carbocycles. The molecule has 17 heavy (non-hydrogen) atoms. The number of hydrogen-bond acceptors (Lipinski definition) is 6. The van der Waals surface area contributed by atoms with Crippen LogP contribution in [-0.4, -0.2) is 46.1 Å². The summed E-state index contributed by atoms with van der Waals surface area (Å²) in [6.45, 7) is 1.55. The highest BCUT2D eigenvalue weighted by Gasteiger charge is 2.33. The molecule has 94 valence electrons. The third-order valence-corrected chi connectivity index (χ3v) is 4.58. The molecule has 2 fully saturated rings. The third-order valence-electron chi connectivity index (χ3n) is 3.41. The fraction of sp³-hybridized carbons (Fsp3) is 0.818. The number of aromatic nitrogens is 2. The summed E-state index contributed by atoms with van der Waals surface area (Å²) in [5.41, 5.74) is 0. The van der Waals surface area contributed by atoms with Gasteiger partial charge in [-0.2, -0.15) is 16.7 Å². The largest absolute Gasteiger partial charge is 0.391 e. The lowest BCUT2D eigenvalue weighted by Crippen LogP contribution is -2.17. The molecule has 0 radical (unpaired) electrons. The normalized spacial score (nSPS) is 30.9. The van der Waals surface area contributed by atoms with E-state index < -0.39 is 0 Å². The monoisotopic (exact) mass is 256 g/mol. The van der Waals surface area contributed by atoms with Gasteiger partial charge in [0.05, 0.1) is 12.0 Å². The van der Waals surface area contributed by atoms with Gasteiger partial charge in [-0.3, -0.25) is 0 Å². The van der Waals surface area contributed by atoms with Crippen LogP contribution >= 0.6 is 11.8 Å². The molecular weight excluding hydrogens is 240 g/mol. The second-order valence-corrected chi connectivity index (χ2v) is 5.66. The summed E-state index contributed by atoms with van der Waals surface area (Å²) in [5, 5.41) is 13.9. The lowest BCUT2D eigenvalue weighted by Gasteiger charge is -2.18. The minimum absolute atomic E-state index is 0.0149. The van der Waals surface area contributed by atoms with Gasteiger partial charge in [0.15, 0.2) is 5.82 Å². The summed E-state index contributed by atoms with van der Waals surface area (Å²) in [7, 11) is 0. The Morgan fingerprint density at radius 1 is 1.24 bits per heavy atom. The Balaban J connectivity index is 1.73. The summed E-state index contributed by atoms with van der Waals surface area (Å²) in [4.78, 5) is 4.46. The van der Waals surface area contributed by atoms with Crippen molar-refractivity contribution in [3.63, 3.8) is 0 Å². The molecule has 2 unspecified atom stereocenters. The second kappa shape index (κ2) is 4.96. The van der Waals surface area contributed by atoms with Crippen molar-refractivity contribution in [2.24, 2.45) is 0 Å². The molecule has 6 heteroatoms. The maximum absolute atomic E-state index is 9.79. The van der Waals surface area contributed by atoms with Gasteiger partial charge < -0.3 is 14.4 Å². The van der Waals surface area contributed by atoms with E-state index in [1.54, 1.807) is 11.8 Å². The molecule has 0 aliphatic carbocycles. The smallest absolute Gasteiger partial charge is 0.233 e. The Kier molecular flexibility index (Phi) is 3.35. The van der Waals surface area contributed by atoms with E-state index in [2.05, 4.69) is 10.1 Å². The summed E-state index contributed by atoms with van der Waals surface area (Å²) < 4.78 is 10.6. The van der Waals surface area contributed by atoms with Crippen molar-refractivity contribution < 1.29 is 14.4 Å². The van der Waals surface area contributed by atoms with Crippen molar-refractivity contribution >= 4 is 11.8 Å². The SMILES string of the molecule is OC1CSCC1c1nc(C2CCOCC2)no1. The van der Waals surface area contributed by atoms with E-state index in [0.717, 1.165) is 43.4 Å². The molecule has 2 aliphatic heterocycles. The van der Waals surface area contributed by atoms with Crippen molar-refractivity contribution in [3.05, 3.63) is 11.7 Å². The number of hydrogen-bond donors (Lipinski definition) is 1. The Bertz CT molecular complexity index is 379. The quantitative estimate of drug-likeness (QED) is 0.856. The van der Waals surface area contributed by atoms with E-state index in [1.807, 2.05) is 0 Å². The van der Waals surface area contributed by atoms with Crippen molar-refractivity contribution in [2.75, 3.05) is 24.7 Å². The molecular formula is C11H16N2O3S. The number of aliphatic hydroxyl groups is 1. The van der Waals surface area contributed by atoms with Gasteiger partial charge in [-0.15, -0.1) is 0 Å². The summed E-state index contributed by atoms with van der Waals surface area (Å²) in [6.07, 6.45) is 1.57. The zero-order valence-corrected chi connectivity index (χ0v) is 10.4. The molecule has 3 heterocycles. The average molecular weight is 256 g/mol. The van der Waals surface area contributed by atoms with Crippen LogP contribution in [0, 0.1) is 0 Å². The van der Waals surface area contributed by atoms with E-state index in [0.29, 0.717) is 11.8 Å². The van der Waals surface area contributed by atoms with E-state index in [9.17, 15) is 5.11 Å². The number of aliphatic hydroxyl groups excluding tert-OH is 1. The lowest BCUT2D eigenvalue weighted by molar-refractivity contribution is 0.0830. The van der Waals surface area contributed by atoms with Gasteiger partial charge in [-0.1, -0.05) is 5.16 Å². The van der Waals surface area contributed by atoms with Crippen LogP contribution in [0.5, 0.6) is 0 Å². The fourth-order valence-electron chi connectivity index (χ4n) is 2.30. The van der Waals surface area contributed by atoms with Gasteiger partial charge >= 0.3 is 0 Å². The summed E-state index contributed by atoms with van der Waals surface area (Å²) in [5.74, 6) is 3.39. The van der Waals surface area contributed by atoms with Crippen LogP contribution in [0.15, 0.2) is 4.52 Å². The summed E-state index contributed by atoms with van der Waals surface area (Å²) >= 11 is 1.73. The van der Waals surface area contributed by atoms with Crippen molar-refractivity contribution in [2.45, 2.75) is 30.8 Å². The fourth-order valence-corrected chi connectivity index (χ4v) is 3.53. The number of nitrogens with zero attached hydrogens (tertiary/aromatic N) is 2. The molecule has 0 aromatic carbocycles. The predicted molar refractivity (Wildman–Crippen MR) is 63.2 cm³/mol. The zero-order valence-electron chi connectivity index (χ0n) is 9.54. The van der Waals surface area contributed by atoms with Crippen LogP contribution in [-0.2, 0) is 4.74 Å². The van der Waals surface area contributed by atoms with Gasteiger partial charge in [-0.05, 0) is 12.8 Å². The van der Waals surface area contributed by atoms with Gasteiger partial charge in [0, 0.05) is 30.6 Å². The summed E-state index contributed by atoms with van der Waals surface area (Å²) in [6, 6.07) is 0. The number of ether oxygens (including phenoxy) is 1. The van der Waals surface area contributed by atoms with Gasteiger partial charge in [0.25, 0.3) is 0 Å². The molecule has 1 aromatic rings. The van der Waals surface area contributed by atoms with Crippen LogP contribution in [0.1, 0.15) is 36.4 Å². The maximum Gasteiger partial charge on any atom is 0.233 e. The lowest BCUT2D eigenvalue weighted by atomic mass is 10.00. The van der Waals surface area contributed by atoms with E-state index >= 15 is 0 Å². The molecule has 1 aromatic heterocycles.